The molecule has 0 aromatic carbocycles. The summed E-state index contributed by atoms with van der Waals surface area (Å²) in [5.74, 6) is 2.64. The number of rotatable bonds is 8. The van der Waals surface area contributed by atoms with Gasteiger partial charge in [-0.05, 0) is 42.2 Å². The van der Waals surface area contributed by atoms with Gasteiger partial charge in [0.25, 0.3) is 0 Å². The van der Waals surface area contributed by atoms with E-state index in [1.54, 1.807) is 0 Å². The van der Waals surface area contributed by atoms with Crippen LogP contribution in [0.3, 0.4) is 0 Å². The lowest BCUT2D eigenvalue weighted by Crippen LogP contribution is -2.13. The zero-order valence-corrected chi connectivity index (χ0v) is 12.1. The summed E-state index contributed by atoms with van der Waals surface area (Å²) in [6.45, 7) is 0.897. The van der Waals surface area contributed by atoms with Crippen molar-refractivity contribution in [2.45, 2.75) is 32.2 Å². The van der Waals surface area contributed by atoms with Gasteiger partial charge in [0.1, 0.15) is 5.82 Å². The third-order valence-electron chi connectivity index (χ3n) is 3.45. The van der Waals surface area contributed by atoms with Crippen LogP contribution in [0.25, 0.3) is 0 Å². The summed E-state index contributed by atoms with van der Waals surface area (Å²) in [4.78, 5) is 11.3. The van der Waals surface area contributed by atoms with Gasteiger partial charge in [-0.2, -0.15) is 16.9 Å². The molecule has 1 aromatic heterocycles. The smallest absolute Gasteiger partial charge is 0.306 e. The average molecular weight is 283 g/mol. The van der Waals surface area contributed by atoms with Crippen molar-refractivity contribution < 1.29 is 9.53 Å². The molecule has 19 heavy (non-hydrogen) atoms. The van der Waals surface area contributed by atoms with Crippen LogP contribution in [0.5, 0.6) is 0 Å². The minimum Gasteiger partial charge on any atom is -0.469 e. The normalized spacial score (nSPS) is 16.3. The molecule has 0 saturated heterocycles. The van der Waals surface area contributed by atoms with Gasteiger partial charge in [0.05, 0.1) is 13.5 Å². The molecule has 1 aliphatic rings. The number of methoxy groups -OCH3 is 1. The minimum absolute atomic E-state index is 0.0786. The lowest BCUT2D eigenvalue weighted by atomic mass is 10.1. The Balaban J connectivity index is 1.58. The maximum Gasteiger partial charge on any atom is 0.306 e. The Labute approximate surface area is 117 Å². The molecule has 0 amide bonds. The van der Waals surface area contributed by atoms with Gasteiger partial charge in [-0.15, -0.1) is 0 Å². The second-order valence-corrected chi connectivity index (χ2v) is 6.27. The van der Waals surface area contributed by atoms with Gasteiger partial charge in [-0.1, -0.05) is 0 Å². The van der Waals surface area contributed by atoms with Crippen molar-refractivity contribution in [3.63, 3.8) is 0 Å². The summed E-state index contributed by atoms with van der Waals surface area (Å²) >= 11 is 1.92. The first kappa shape index (κ1) is 14.2. The Kier molecular flexibility index (Phi) is 4.74. The highest BCUT2D eigenvalue weighted by atomic mass is 32.2. The zero-order chi connectivity index (χ0) is 13.7. The molecule has 6 heteroatoms. The molecule has 1 aromatic rings. The van der Waals surface area contributed by atoms with Crippen molar-refractivity contribution in [1.82, 2.24) is 9.78 Å². The quantitative estimate of drug-likeness (QED) is 0.583. The number of aryl methyl sites for hydroxylation is 1. The van der Waals surface area contributed by atoms with Crippen molar-refractivity contribution in [3.8, 4) is 0 Å². The van der Waals surface area contributed by atoms with E-state index in [9.17, 15) is 4.79 Å². The molecule has 1 fully saturated rings. The Morgan fingerprint density at radius 3 is 3.00 bits per heavy atom. The summed E-state index contributed by atoms with van der Waals surface area (Å²) in [5.41, 5.74) is 5.78. The van der Waals surface area contributed by atoms with Gasteiger partial charge in [0.2, 0.25) is 0 Å². The van der Waals surface area contributed by atoms with Crippen molar-refractivity contribution >= 4 is 23.5 Å². The van der Waals surface area contributed by atoms with Gasteiger partial charge in [-0.3, -0.25) is 9.48 Å². The molecule has 1 saturated carbocycles. The number of nitrogen functional groups attached to an aromatic ring is 1. The molecule has 2 N–H and O–H groups in total. The van der Waals surface area contributed by atoms with Crippen LogP contribution in [-0.4, -0.2) is 34.4 Å². The highest BCUT2D eigenvalue weighted by molar-refractivity contribution is 7.99. The maximum atomic E-state index is 11.3. The predicted molar refractivity (Wildman–Crippen MR) is 76.9 cm³/mol. The minimum atomic E-state index is -0.0786. The largest absolute Gasteiger partial charge is 0.469 e. The van der Waals surface area contributed by atoms with Crippen molar-refractivity contribution in [1.29, 1.82) is 0 Å². The predicted octanol–water partition coefficient (Wildman–Crippen LogP) is 1.93. The van der Waals surface area contributed by atoms with Gasteiger partial charge < -0.3 is 10.5 Å². The molecule has 2 rings (SSSR count). The number of esters is 1. The first-order chi connectivity index (χ1) is 9.13. The van der Waals surface area contributed by atoms with E-state index in [-0.39, 0.29) is 11.4 Å². The Morgan fingerprint density at radius 1 is 1.63 bits per heavy atom. The fourth-order valence-corrected chi connectivity index (χ4v) is 3.35. The molecule has 1 aliphatic carbocycles. The van der Waals surface area contributed by atoms with E-state index in [1.165, 1.54) is 7.11 Å². The van der Waals surface area contributed by atoms with Crippen LogP contribution in [0.4, 0.5) is 5.82 Å². The van der Waals surface area contributed by atoms with Crippen LogP contribution in [0, 0.1) is 5.41 Å². The number of anilines is 1. The number of carbonyl (C=O) groups is 1. The number of nitrogens with zero attached hydrogens (tertiary/aromatic N) is 2. The van der Waals surface area contributed by atoms with E-state index in [1.807, 2.05) is 28.7 Å². The van der Waals surface area contributed by atoms with E-state index in [2.05, 4.69) is 5.10 Å². The van der Waals surface area contributed by atoms with Crippen molar-refractivity contribution in [3.05, 3.63) is 12.3 Å². The topological polar surface area (TPSA) is 70.1 Å². The fourth-order valence-electron chi connectivity index (χ4n) is 2.05. The Morgan fingerprint density at radius 2 is 2.42 bits per heavy atom. The molecule has 5 nitrogen and oxygen atoms in total. The van der Waals surface area contributed by atoms with E-state index in [0.717, 1.165) is 37.3 Å². The summed E-state index contributed by atoms with van der Waals surface area (Å²) in [6, 6.07) is 1.81. The van der Waals surface area contributed by atoms with Crippen LogP contribution in [0.1, 0.15) is 25.7 Å². The number of hydrogen-bond acceptors (Lipinski definition) is 5. The van der Waals surface area contributed by atoms with Crippen molar-refractivity contribution in [2.24, 2.45) is 5.41 Å². The molecular weight excluding hydrogens is 262 g/mol. The number of carbonyl (C=O) groups excluding carboxylic acids is 1. The number of ether oxygens (including phenoxy) is 1. The van der Waals surface area contributed by atoms with Crippen molar-refractivity contribution in [2.75, 3.05) is 24.3 Å². The van der Waals surface area contributed by atoms with Crippen LogP contribution in [-0.2, 0) is 16.1 Å². The van der Waals surface area contributed by atoms with Gasteiger partial charge in [0, 0.05) is 12.7 Å². The molecular formula is C13H21N3O2S. The summed E-state index contributed by atoms with van der Waals surface area (Å²) < 4.78 is 6.61. The highest BCUT2D eigenvalue weighted by Gasteiger charge is 2.44. The summed E-state index contributed by atoms with van der Waals surface area (Å²) in [6.07, 6.45) is 5.86. The van der Waals surface area contributed by atoms with Gasteiger partial charge >= 0.3 is 5.97 Å². The fraction of sp³-hybridized carbons (Fsp3) is 0.692. The van der Waals surface area contributed by atoms with E-state index in [0.29, 0.717) is 12.2 Å². The van der Waals surface area contributed by atoms with Crippen LogP contribution in [0.15, 0.2) is 12.3 Å². The molecule has 1 heterocycles. The number of aromatic nitrogens is 2. The van der Waals surface area contributed by atoms with Crippen LogP contribution in [0.2, 0.25) is 0 Å². The van der Waals surface area contributed by atoms with Gasteiger partial charge in [-0.25, -0.2) is 0 Å². The third-order valence-corrected chi connectivity index (χ3v) is 4.84. The summed E-state index contributed by atoms with van der Waals surface area (Å²) in [5, 5.41) is 4.14. The molecule has 0 atom stereocenters. The molecule has 0 unspecified atom stereocenters. The van der Waals surface area contributed by atoms with Gasteiger partial charge in [0.15, 0.2) is 0 Å². The number of thioether (sulfide) groups is 1. The molecule has 106 valence electrons. The standard InChI is InChI=1S/C13H21N3O2S/c1-18-12(17)9-13(4-5-13)10-19-8-2-6-16-7-3-11(14)15-16/h3,7H,2,4-6,8-10H2,1H3,(H2,14,15). The lowest BCUT2D eigenvalue weighted by molar-refractivity contribution is -0.141. The van der Waals surface area contributed by atoms with Crippen LogP contribution < -0.4 is 5.73 Å². The first-order valence-electron chi connectivity index (χ1n) is 6.57. The van der Waals surface area contributed by atoms with E-state index < -0.39 is 0 Å². The third kappa shape index (κ3) is 4.45. The summed E-state index contributed by atoms with van der Waals surface area (Å²) in [7, 11) is 1.46. The molecule has 0 bridgehead atoms. The molecule has 0 radical (unpaired) electrons. The van der Waals surface area contributed by atoms with E-state index >= 15 is 0 Å². The number of nitrogens with two attached hydrogens (primary N) is 1. The second kappa shape index (κ2) is 6.32. The van der Waals surface area contributed by atoms with E-state index in [4.69, 9.17) is 10.5 Å². The Hall–Kier alpha value is -1.17. The Bertz CT molecular complexity index is 429. The monoisotopic (exact) mass is 283 g/mol. The number of hydrogen-bond donors (Lipinski definition) is 1. The molecule has 0 aliphatic heterocycles. The molecule has 0 spiro atoms. The SMILES string of the molecule is COC(=O)CC1(CSCCCn2ccc(N)n2)CC1. The highest BCUT2D eigenvalue weighted by Crippen LogP contribution is 2.51. The first-order valence-corrected chi connectivity index (χ1v) is 7.73. The van der Waals surface area contributed by atoms with Crippen LogP contribution >= 0.6 is 11.8 Å². The lowest BCUT2D eigenvalue weighted by Gasteiger charge is -2.12. The second-order valence-electron chi connectivity index (χ2n) is 5.16. The average Bonchev–Trinajstić information content (AvgIpc) is 3.02. The maximum absolute atomic E-state index is 11.3. The zero-order valence-electron chi connectivity index (χ0n) is 11.3.